The number of amides is 1. The number of hydrogen-bond acceptors (Lipinski definition) is 5. The summed E-state index contributed by atoms with van der Waals surface area (Å²) in [5.74, 6) is -1.04. The highest BCUT2D eigenvalue weighted by Crippen LogP contribution is 2.33. The van der Waals surface area contributed by atoms with Gasteiger partial charge in [0.25, 0.3) is 5.91 Å². The second-order valence-corrected chi connectivity index (χ2v) is 6.97. The molecule has 0 aliphatic heterocycles. The molecule has 26 heavy (non-hydrogen) atoms. The molecule has 2 rings (SSSR count). The van der Waals surface area contributed by atoms with Crippen molar-refractivity contribution in [3.8, 4) is 6.07 Å². The van der Waals surface area contributed by atoms with Crippen LogP contribution in [0.4, 0.5) is 5.00 Å². The minimum atomic E-state index is -0.556. The van der Waals surface area contributed by atoms with Gasteiger partial charge in [0.1, 0.15) is 16.6 Å². The van der Waals surface area contributed by atoms with Crippen LogP contribution < -0.4 is 5.32 Å². The van der Waals surface area contributed by atoms with Crippen molar-refractivity contribution in [2.45, 2.75) is 27.7 Å². The average Bonchev–Trinajstić information content (AvgIpc) is 2.88. The zero-order valence-electron chi connectivity index (χ0n) is 15.2. The van der Waals surface area contributed by atoms with Gasteiger partial charge in [0.05, 0.1) is 12.2 Å². The Hall–Kier alpha value is -2.91. The van der Waals surface area contributed by atoms with Gasteiger partial charge in [-0.2, -0.15) is 5.26 Å². The Balaban J connectivity index is 2.31. The van der Waals surface area contributed by atoms with Gasteiger partial charge in [-0.05, 0) is 44.9 Å². The third kappa shape index (κ3) is 4.38. The molecule has 0 bridgehead atoms. The summed E-state index contributed by atoms with van der Waals surface area (Å²) in [4.78, 5) is 25.6. The molecule has 1 aromatic heterocycles. The van der Waals surface area contributed by atoms with Crippen LogP contribution in [0.25, 0.3) is 6.08 Å². The number of rotatable bonds is 5. The largest absolute Gasteiger partial charge is 0.462 e. The number of thiophene rings is 1. The van der Waals surface area contributed by atoms with E-state index < -0.39 is 11.9 Å². The molecule has 0 saturated heterocycles. The van der Waals surface area contributed by atoms with Crippen molar-refractivity contribution >= 4 is 34.3 Å². The van der Waals surface area contributed by atoms with Crippen LogP contribution in [0.1, 0.15) is 38.8 Å². The first kappa shape index (κ1) is 19.4. The number of carbonyl (C=O) groups is 2. The number of nitriles is 1. The van der Waals surface area contributed by atoms with E-state index >= 15 is 0 Å². The predicted molar refractivity (Wildman–Crippen MR) is 103 cm³/mol. The summed E-state index contributed by atoms with van der Waals surface area (Å²) in [6, 6.07) is 9.40. The topological polar surface area (TPSA) is 79.2 Å². The number of nitrogens with one attached hydrogen (secondary N) is 1. The fraction of sp³-hybridized carbons (Fsp3) is 0.250. The van der Waals surface area contributed by atoms with Crippen molar-refractivity contribution in [3.63, 3.8) is 0 Å². The van der Waals surface area contributed by atoms with Crippen molar-refractivity contribution in [2.75, 3.05) is 11.9 Å². The lowest BCUT2D eigenvalue weighted by molar-refractivity contribution is -0.112. The van der Waals surface area contributed by atoms with Gasteiger partial charge in [0.2, 0.25) is 0 Å². The maximum atomic E-state index is 12.5. The van der Waals surface area contributed by atoms with Crippen LogP contribution in [-0.4, -0.2) is 18.5 Å². The number of nitrogens with zero attached hydrogens (tertiary/aromatic N) is 1. The molecule has 5 nitrogen and oxygen atoms in total. The number of anilines is 1. The summed E-state index contributed by atoms with van der Waals surface area (Å²) in [5.41, 5.74) is 2.92. The number of benzene rings is 1. The van der Waals surface area contributed by atoms with Gasteiger partial charge >= 0.3 is 5.97 Å². The van der Waals surface area contributed by atoms with Gasteiger partial charge in [-0.25, -0.2) is 4.79 Å². The first-order valence-electron chi connectivity index (χ1n) is 8.14. The molecule has 0 atom stereocenters. The number of carbonyl (C=O) groups excluding carboxylic acids is 2. The first-order valence-corrected chi connectivity index (χ1v) is 8.96. The van der Waals surface area contributed by atoms with Crippen LogP contribution >= 0.6 is 11.3 Å². The van der Waals surface area contributed by atoms with Gasteiger partial charge in [0.15, 0.2) is 0 Å². The summed E-state index contributed by atoms with van der Waals surface area (Å²) >= 11 is 1.29. The molecule has 0 saturated carbocycles. The van der Waals surface area contributed by atoms with Crippen LogP contribution in [0, 0.1) is 32.1 Å². The Morgan fingerprint density at radius 1 is 1.23 bits per heavy atom. The lowest BCUT2D eigenvalue weighted by atomic mass is 10.1. The minimum Gasteiger partial charge on any atom is -0.462 e. The maximum absolute atomic E-state index is 12.5. The quantitative estimate of drug-likeness (QED) is 0.482. The number of hydrogen-bond donors (Lipinski definition) is 1. The van der Waals surface area contributed by atoms with Crippen LogP contribution in [0.5, 0.6) is 0 Å². The van der Waals surface area contributed by atoms with Crippen molar-refractivity contribution in [1.29, 1.82) is 5.26 Å². The lowest BCUT2D eigenvalue weighted by Gasteiger charge is -2.07. The van der Waals surface area contributed by atoms with E-state index in [1.165, 1.54) is 17.4 Å². The highest BCUT2D eigenvalue weighted by Gasteiger charge is 2.23. The molecule has 134 valence electrons. The molecule has 1 aromatic carbocycles. The molecular weight excluding hydrogens is 348 g/mol. The summed E-state index contributed by atoms with van der Waals surface area (Å²) in [6.07, 6.45) is 1.52. The van der Waals surface area contributed by atoms with E-state index in [1.807, 2.05) is 44.2 Å². The van der Waals surface area contributed by atoms with Gasteiger partial charge in [-0.1, -0.05) is 29.8 Å². The molecular formula is C20H20N2O3S. The molecule has 0 unspecified atom stereocenters. The minimum absolute atomic E-state index is 0.0348. The summed E-state index contributed by atoms with van der Waals surface area (Å²) in [5, 5.41) is 12.4. The zero-order chi connectivity index (χ0) is 19.3. The fourth-order valence-corrected chi connectivity index (χ4v) is 3.36. The monoisotopic (exact) mass is 368 g/mol. The average molecular weight is 368 g/mol. The molecule has 1 heterocycles. The fourth-order valence-electron chi connectivity index (χ4n) is 2.31. The Morgan fingerprint density at radius 3 is 2.46 bits per heavy atom. The van der Waals surface area contributed by atoms with Crippen molar-refractivity contribution < 1.29 is 14.3 Å². The number of ether oxygens (including phenoxy) is 1. The Labute approximate surface area is 156 Å². The second kappa shape index (κ2) is 8.45. The summed E-state index contributed by atoms with van der Waals surface area (Å²) in [7, 11) is 0. The molecule has 0 spiro atoms. The van der Waals surface area contributed by atoms with Crippen LogP contribution in [-0.2, 0) is 9.53 Å². The normalized spacial score (nSPS) is 11.0. The van der Waals surface area contributed by atoms with E-state index in [-0.39, 0.29) is 12.2 Å². The SMILES string of the molecule is CCOC(=O)c1c(NC(=O)/C(C#N)=C/c2ccc(C)cc2)sc(C)c1C. The van der Waals surface area contributed by atoms with Gasteiger partial charge in [-0.15, -0.1) is 11.3 Å². The number of aryl methyl sites for hydroxylation is 2. The van der Waals surface area contributed by atoms with E-state index in [4.69, 9.17) is 4.74 Å². The lowest BCUT2D eigenvalue weighted by Crippen LogP contribution is -2.16. The summed E-state index contributed by atoms with van der Waals surface area (Å²) < 4.78 is 5.07. The molecule has 2 aromatic rings. The van der Waals surface area contributed by atoms with Crippen molar-refractivity contribution in [1.82, 2.24) is 0 Å². The molecule has 0 fully saturated rings. The Bertz CT molecular complexity index is 902. The molecule has 6 heteroatoms. The van der Waals surface area contributed by atoms with Gasteiger partial charge in [0, 0.05) is 4.88 Å². The molecule has 1 amide bonds. The smallest absolute Gasteiger partial charge is 0.341 e. The molecule has 1 N–H and O–H groups in total. The van der Waals surface area contributed by atoms with Gasteiger partial charge < -0.3 is 10.1 Å². The van der Waals surface area contributed by atoms with Gasteiger partial charge in [-0.3, -0.25) is 4.79 Å². The van der Waals surface area contributed by atoms with E-state index in [9.17, 15) is 14.9 Å². The maximum Gasteiger partial charge on any atom is 0.341 e. The van der Waals surface area contributed by atoms with E-state index in [1.54, 1.807) is 13.8 Å². The van der Waals surface area contributed by atoms with E-state index in [2.05, 4.69) is 5.32 Å². The van der Waals surface area contributed by atoms with Crippen LogP contribution in [0.2, 0.25) is 0 Å². The highest BCUT2D eigenvalue weighted by molar-refractivity contribution is 7.16. The third-order valence-corrected chi connectivity index (χ3v) is 4.97. The molecule has 0 aliphatic rings. The van der Waals surface area contributed by atoms with E-state index in [0.717, 1.165) is 21.6 Å². The zero-order valence-corrected chi connectivity index (χ0v) is 16.0. The second-order valence-electron chi connectivity index (χ2n) is 5.74. The Morgan fingerprint density at radius 2 is 1.88 bits per heavy atom. The third-order valence-electron chi connectivity index (χ3n) is 3.85. The van der Waals surface area contributed by atoms with E-state index in [0.29, 0.717) is 10.6 Å². The highest BCUT2D eigenvalue weighted by atomic mass is 32.1. The van der Waals surface area contributed by atoms with Crippen LogP contribution in [0.15, 0.2) is 29.8 Å². The first-order chi connectivity index (χ1) is 12.4. The molecule has 0 radical (unpaired) electrons. The number of esters is 1. The predicted octanol–water partition coefficient (Wildman–Crippen LogP) is 4.40. The van der Waals surface area contributed by atoms with Crippen molar-refractivity contribution in [3.05, 3.63) is 57.0 Å². The van der Waals surface area contributed by atoms with Crippen molar-refractivity contribution in [2.24, 2.45) is 0 Å². The standard InChI is InChI=1S/C20H20N2O3S/c1-5-25-20(24)17-13(3)14(4)26-19(17)22-18(23)16(11-21)10-15-8-6-12(2)7-9-15/h6-10H,5H2,1-4H3,(H,22,23)/b16-10+. The molecule has 0 aliphatic carbocycles. The Kier molecular flexibility index (Phi) is 6.31. The van der Waals surface area contributed by atoms with Crippen LogP contribution in [0.3, 0.4) is 0 Å². The summed E-state index contributed by atoms with van der Waals surface area (Å²) in [6.45, 7) is 7.61.